The van der Waals surface area contributed by atoms with Crippen LogP contribution in [-0.2, 0) is 5.41 Å². The molecule has 51 heavy (non-hydrogen) atoms. The van der Waals surface area contributed by atoms with E-state index in [0.717, 1.165) is 44.8 Å². The molecule has 0 aliphatic heterocycles. The van der Waals surface area contributed by atoms with Crippen molar-refractivity contribution in [2.45, 2.75) is 19.3 Å². The molecule has 0 saturated carbocycles. The zero-order chi connectivity index (χ0) is 34.4. The molecule has 1 aromatic heterocycles. The van der Waals surface area contributed by atoms with Gasteiger partial charge in [0.25, 0.3) is 0 Å². The van der Waals surface area contributed by atoms with Crippen molar-refractivity contribution in [3.8, 4) is 78.4 Å². The summed E-state index contributed by atoms with van der Waals surface area (Å²) < 4.78 is 0. The molecule has 2 heteroatoms. The van der Waals surface area contributed by atoms with E-state index in [1.807, 2.05) is 24.3 Å². The predicted molar refractivity (Wildman–Crippen MR) is 212 cm³/mol. The quantitative estimate of drug-likeness (QED) is 0.179. The Bertz CT molecular complexity index is 2460. The first-order valence-corrected chi connectivity index (χ1v) is 17.6. The summed E-state index contributed by atoms with van der Waals surface area (Å²) in [5.41, 5.74) is 17.3. The SMILES string of the molecule is CC1(C)c2ccccc2-c2ccc(-c3cc(-c4ccc(-c5ccccc5)cc4)cc(-c4cc(-c5ccccc5)nc(-c5ccccc5)n4)c3)cc21. The molecule has 0 fully saturated rings. The molecule has 0 saturated heterocycles. The van der Waals surface area contributed by atoms with Gasteiger partial charge in [-0.15, -0.1) is 0 Å². The summed E-state index contributed by atoms with van der Waals surface area (Å²) in [6.45, 7) is 4.68. The first kappa shape index (κ1) is 30.7. The normalized spacial score (nSPS) is 12.7. The summed E-state index contributed by atoms with van der Waals surface area (Å²) in [5, 5.41) is 0. The third-order valence-electron chi connectivity index (χ3n) is 10.3. The van der Waals surface area contributed by atoms with Crippen LogP contribution in [0, 0.1) is 0 Å². The molecule has 1 aliphatic rings. The second kappa shape index (κ2) is 12.5. The Kier molecular flexibility index (Phi) is 7.51. The van der Waals surface area contributed by atoms with E-state index in [0.29, 0.717) is 5.82 Å². The van der Waals surface area contributed by atoms with Crippen LogP contribution in [0.5, 0.6) is 0 Å². The fourth-order valence-electron chi connectivity index (χ4n) is 7.55. The minimum Gasteiger partial charge on any atom is -0.228 e. The van der Waals surface area contributed by atoms with E-state index in [1.54, 1.807) is 0 Å². The maximum absolute atomic E-state index is 5.22. The molecule has 0 spiro atoms. The number of benzene rings is 7. The summed E-state index contributed by atoms with van der Waals surface area (Å²) in [5.74, 6) is 0.711. The lowest BCUT2D eigenvalue weighted by atomic mass is 9.81. The van der Waals surface area contributed by atoms with Crippen LogP contribution in [0.1, 0.15) is 25.0 Å². The summed E-state index contributed by atoms with van der Waals surface area (Å²) in [6, 6.07) is 65.0. The topological polar surface area (TPSA) is 25.8 Å². The van der Waals surface area contributed by atoms with Crippen molar-refractivity contribution >= 4 is 0 Å². The molecule has 0 N–H and O–H groups in total. The van der Waals surface area contributed by atoms with Gasteiger partial charge in [-0.25, -0.2) is 9.97 Å². The number of aromatic nitrogens is 2. The van der Waals surface area contributed by atoms with E-state index >= 15 is 0 Å². The first-order valence-electron chi connectivity index (χ1n) is 17.6. The van der Waals surface area contributed by atoms with Gasteiger partial charge in [0.15, 0.2) is 5.82 Å². The van der Waals surface area contributed by atoms with Crippen molar-refractivity contribution in [1.29, 1.82) is 0 Å². The summed E-state index contributed by atoms with van der Waals surface area (Å²) in [7, 11) is 0. The maximum atomic E-state index is 5.22. The zero-order valence-corrected chi connectivity index (χ0v) is 28.7. The van der Waals surface area contributed by atoms with Gasteiger partial charge in [0.05, 0.1) is 11.4 Å². The highest BCUT2D eigenvalue weighted by Crippen LogP contribution is 2.49. The van der Waals surface area contributed by atoms with Crippen LogP contribution in [0.2, 0.25) is 0 Å². The molecule has 242 valence electrons. The van der Waals surface area contributed by atoms with Crippen molar-refractivity contribution in [3.63, 3.8) is 0 Å². The van der Waals surface area contributed by atoms with Crippen molar-refractivity contribution < 1.29 is 0 Å². The molecule has 0 bridgehead atoms. The van der Waals surface area contributed by atoms with Gasteiger partial charge in [-0.1, -0.05) is 166 Å². The third-order valence-corrected chi connectivity index (χ3v) is 10.3. The standard InChI is InChI=1S/C49H36N2/c1-49(2)44-21-13-12-20-42(44)43-27-26-38(31-45(43)49)40-28-39(35-24-22-34(23-25-35)33-14-6-3-7-15-33)29-41(30-40)47-32-46(36-16-8-4-9-17-36)50-48(51-47)37-18-10-5-11-19-37/h3-32H,1-2H3. The van der Waals surface area contributed by atoms with Gasteiger partial charge in [-0.2, -0.15) is 0 Å². The van der Waals surface area contributed by atoms with E-state index in [9.17, 15) is 0 Å². The largest absolute Gasteiger partial charge is 0.228 e. The second-order valence-corrected chi connectivity index (χ2v) is 13.9. The van der Waals surface area contributed by atoms with Gasteiger partial charge < -0.3 is 0 Å². The van der Waals surface area contributed by atoms with E-state index < -0.39 is 0 Å². The molecule has 2 nitrogen and oxygen atoms in total. The van der Waals surface area contributed by atoms with E-state index in [2.05, 4.69) is 172 Å². The lowest BCUT2D eigenvalue weighted by Crippen LogP contribution is -2.14. The minimum absolute atomic E-state index is 0.0858. The first-order chi connectivity index (χ1) is 25.0. The van der Waals surface area contributed by atoms with Crippen LogP contribution in [0.3, 0.4) is 0 Å². The van der Waals surface area contributed by atoms with Crippen LogP contribution in [0.4, 0.5) is 0 Å². The van der Waals surface area contributed by atoms with Crippen molar-refractivity contribution in [3.05, 3.63) is 193 Å². The van der Waals surface area contributed by atoms with Crippen molar-refractivity contribution in [2.24, 2.45) is 0 Å². The summed E-state index contributed by atoms with van der Waals surface area (Å²) >= 11 is 0. The monoisotopic (exact) mass is 652 g/mol. The van der Waals surface area contributed by atoms with Crippen LogP contribution < -0.4 is 0 Å². The van der Waals surface area contributed by atoms with Gasteiger partial charge in [0.1, 0.15) is 0 Å². The Morgan fingerprint density at radius 1 is 0.314 bits per heavy atom. The molecule has 1 heterocycles. The fourth-order valence-corrected chi connectivity index (χ4v) is 7.55. The van der Waals surface area contributed by atoms with Gasteiger partial charge in [0.2, 0.25) is 0 Å². The second-order valence-electron chi connectivity index (χ2n) is 13.9. The highest BCUT2D eigenvalue weighted by Gasteiger charge is 2.35. The van der Waals surface area contributed by atoms with Crippen LogP contribution in [0.15, 0.2) is 182 Å². The van der Waals surface area contributed by atoms with Gasteiger partial charge in [-0.3, -0.25) is 0 Å². The number of fused-ring (bicyclic) bond motifs is 3. The average Bonchev–Trinajstić information content (AvgIpc) is 3.44. The smallest absolute Gasteiger partial charge is 0.160 e. The summed E-state index contributed by atoms with van der Waals surface area (Å²) in [4.78, 5) is 10.3. The number of hydrogen-bond acceptors (Lipinski definition) is 2. The number of nitrogens with zero attached hydrogens (tertiary/aromatic N) is 2. The summed E-state index contributed by atoms with van der Waals surface area (Å²) in [6.07, 6.45) is 0. The van der Waals surface area contributed by atoms with E-state index in [4.69, 9.17) is 9.97 Å². The van der Waals surface area contributed by atoms with Gasteiger partial charge >= 0.3 is 0 Å². The maximum Gasteiger partial charge on any atom is 0.160 e. The molecule has 0 radical (unpaired) electrons. The zero-order valence-electron chi connectivity index (χ0n) is 28.7. The van der Waals surface area contributed by atoms with Crippen molar-refractivity contribution in [1.82, 2.24) is 9.97 Å². The highest BCUT2D eigenvalue weighted by molar-refractivity contribution is 5.87. The Labute approximate surface area is 299 Å². The lowest BCUT2D eigenvalue weighted by molar-refractivity contribution is 0.660. The van der Waals surface area contributed by atoms with Crippen molar-refractivity contribution in [2.75, 3.05) is 0 Å². The number of rotatable bonds is 6. The molecule has 0 unspecified atom stereocenters. The van der Waals surface area contributed by atoms with Crippen LogP contribution >= 0.6 is 0 Å². The molecule has 7 aromatic carbocycles. The Morgan fingerprint density at radius 3 is 1.43 bits per heavy atom. The fraction of sp³-hybridized carbons (Fsp3) is 0.0612. The van der Waals surface area contributed by atoms with Gasteiger partial charge in [-0.05, 0) is 86.0 Å². The Hall–Kier alpha value is -6.38. The molecular formula is C49H36N2. The Morgan fingerprint density at radius 2 is 0.765 bits per heavy atom. The average molecular weight is 653 g/mol. The molecule has 0 atom stereocenters. The van der Waals surface area contributed by atoms with Crippen LogP contribution in [-0.4, -0.2) is 9.97 Å². The third kappa shape index (κ3) is 5.65. The lowest BCUT2D eigenvalue weighted by Gasteiger charge is -2.22. The highest BCUT2D eigenvalue weighted by atomic mass is 14.9. The molecule has 9 rings (SSSR count). The molecule has 8 aromatic rings. The van der Waals surface area contributed by atoms with E-state index in [-0.39, 0.29) is 5.41 Å². The molecule has 0 amide bonds. The predicted octanol–water partition coefficient (Wildman–Crippen LogP) is 12.8. The molecule has 1 aliphatic carbocycles. The van der Waals surface area contributed by atoms with Crippen LogP contribution in [0.25, 0.3) is 78.4 Å². The Balaban J connectivity index is 1.23. The molecular weight excluding hydrogens is 617 g/mol. The van der Waals surface area contributed by atoms with E-state index in [1.165, 1.54) is 38.9 Å². The minimum atomic E-state index is -0.0858. The van der Waals surface area contributed by atoms with Gasteiger partial charge in [0, 0.05) is 22.1 Å². The number of hydrogen-bond donors (Lipinski definition) is 0.